The van der Waals surface area contributed by atoms with Gasteiger partial charge in [0, 0.05) is 37.1 Å². The van der Waals surface area contributed by atoms with Gasteiger partial charge in [0.05, 0.1) is 20.4 Å². The highest BCUT2D eigenvalue weighted by Crippen LogP contribution is 2.29. The smallest absolute Gasteiger partial charge is 0.162 e. The van der Waals surface area contributed by atoms with Crippen molar-refractivity contribution in [3.05, 3.63) is 36.2 Å². The minimum atomic E-state index is 0.716. The monoisotopic (exact) mass is 247 g/mol. The first-order chi connectivity index (χ1) is 8.72. The minimum Gasteiger partial charge on any atom is -0.493 e. The number of anilines is 1. The van der Waals surface area contributed by atoms with E-state index in [-0.39, 0.29) is 0 Å². The molecule has 0 spiro atoms. The fraction of sp³-hybridized carbons (Fsp3) is 0.308. The largest absolute Gasteiger partial charge is 0.493 e. The van der Waals surface area contributed by atoms with Gasteiger partial charge >= 0.3 is 0 Å². The van der Waals surface area contributed by atoms with Gasteiger partial charge in [-0.3, -0.25) is 4.68 Å². The summed E-state index contributed by atoms with van der Waals surface area (Å²) in [6, 6.07) is 5.75. The van der Waals surface area contributed by atoms with E-state index >= 15 is 0 Å². The molecule has 1 aromatic carbocycles. The summed E-state index contributed by atoms with van der Waals surface area (Å²) in [5.41, 5.74) is 2.11. The SMILES string of the molecule is COc1ccc(NCc2cnn(C)c2)cc1OC. The fourth-order valence-electron chi connectivity index (χ4n) is 1.71. The highest BCUT2D eigenvalue weighted by Gasteiger charge is 2.04. The van der Waals surface area contributed by atoms with Crippen molar-refractivity contribution >= 4 is 5.69 Å². The van der Waals surface area contributed by atoms with Gasteiger partial charge in [0.1, 0.15) is 0 Å². The molecule has 1 aromatic heterocycles. The second-order valence-corrected chi connectivity index (χ2v) is 3.95. The third-order valence-corrected chi connectivity index (χ3v) is 2.64. The van der Waals surface area contributed by atoms with E-state index in [4.69, 9.17) is 9.47 Å². The third-order valence-electron chi connectivity index (χ3n) is 2.64. The summed E-state index contributed by atoms with van der Waals surface area (Å²) in [6.07, 6.45) is 3.82. The van der Waals surface area contributed by atoms with Crippen molar-refractivity contribution in [1.82, 2.24) is 9.78 Å². The standard InChI is InChI=1S/C13H17N3O2/c1-16-9-10(8-15-16)7-14-11-4-5-12(17-2)13(6-11)18-3/h4-6,8-9,14H,7H2,1-3H3. The van der Waals surface area contributed by atoms with Crippen LogP contribution >= 0.6 is 0 Å². The highest BCUT2D eigenvalue weighted by molar-refractivity contribution is 5.54. The van der Waals surface area contributed by atoms with E-state index in [1.807, 2.05) is 37.6 Å². The summed E-state index contributed by atoms with van der Waals surface area (Å²) in [6.45, 7) is 0.726. The zero-order chi connectivity index (χ0) is 13.0. The molecule has 0 saturated carbocycles. The molecule has 18 heavy (non-hydrogen) atoms. The lowest BCUT2D eigenvalue weighted by atomic mass is 10.2. The molecule has 1 heterocycles. The van der Waals surface area contributed by atoms with Crippen LogP contribution in [0.25, 0.3) is 0 Å². The van der Waals surface area contributed by atoms with Crippen molar-refractivity contribution in [1.29, 1.82) is 0 Å². The lowest BCUT2D eigenvalue weighted by Crippen LogP contribution is -1.99. The Labute approximate surface area is 106 Å². The summed E-state index contributed by atoms with van der Waals surface area (Å²) in [5, 5.41) is 7.43. The predicted octanol–water partition coefficient (Wildman–Crippen LogP) is 2.05. The van der Waals surface area contributed by atoms with Crippen molar-refractivity contribution in [3.63, 3.8) is 0 Å². The summed E-state index contributed by atoms with van der Waals surface area (Å²) in [5.74, 6) is 1.44. The zero-order valence-electron chi connectivity index (χ0n) is 10.8. The summed E-state index contributed by atoms with van der Waals surface area (Å²) >= 11 is 0. The number of ether oxygens (including phenoxy) is 2. The fourth-order valence-corrected chi connectivity index (χ4v) is 1.71. The molecule has 0 aliphatic carbocycles. The van der Waals surface area contributed by atoms with Crippen LogP contribution in [-0.4, -0.2) is 24.0 Å². The Kier molecular flexibility index (Phi) is 3.72. The van der Waals surface area contributed by atoms with Crippen molar-refractivity contribution in [2.75, 3.05) is 19.5 Å². The van der Waals surface area contributed by atoms with E-state index in [0.717, 1.165) is 23.5 Å². The first-order valence-corrected chi connectivity index (χ1v) is 5.66. The Morgan fingerprint density at radius 1 is 1.22 bits per heavy atom. The van der Waals surface area contributed by atoms with Crippen LogP contribution in [0.5, 0.6) is 11.5 Å². The first-order valence-electron chi connectivity index (χ1n) is 5.66. The lowest BCUT2D eigenvalue weighted by molar-refractivity contribution is 0.355. The number of aromatic nitrogens is 2. The number of benzene rings is 1. The Morgan fingerprint density at radius 3 is 2.61 bits per heavy atom. The maximum Gasteiger partial charge on any atom is 0.162 e. The average Bonchev–Trinajstić information content (AvgIpc) is 2.81. The van der Waals surface area contributed by atoms with Crippen LogP contribution < -0.4 is 14.8 Å². The van der Waals surface area contributed by atoms with Crippen molar-refractivity contribution in [3.8, 4) is 11.5 Å². The molecule has 0 unspecified atom stereocenters. The molecule has 5 nitrogen and oxygen atoms in total. The average molecular weight is 247 g/mol. The second-order valence-electron chi connectivity index (χ2n) is 3.95. The van der Waals surface area contributed by atoms with Crippen LogP contribution in [0.3, 0.4) is 0 Å². The quantitative estimate of drug-likeness (QED) is 0.878. The van der Waals surface area contributed by atoms with Crippen LogP contribution in [-0.2, 0) is 13.6 Å². The van der Waals surface area contributed by atoms with Gasteiger partial charge in [0.15, 0.2) is 11.5 Å². The van der Waals surface area contributed by atoms with E-state index in [1.54, 1.807) is 18.9 Å². The van der Waals surface area contributed by atoms with Crippen molar-refractivity contribution < 1.29 is 9.47 Å². The Bertz CT molecular complexity index is 523. The number of nitrogens with zero attached hydrogens (tertiary/aromatic N) is 2. The van der Waals surface area contributed by atoms with Gasteiger partial charge in [0.2, 0.25) is 0 Å². The topological polar surface area (TPSA) is 48.3 Å². The molecule has 0 aliphatic heterocycles. The molecule has 2 rings (SSSR count). The number of methoxy groups -OCH3 is 2. The van der Waals surface area contributed by atoms with Crippen LogP contribution in [0.15, 0.2) is 30.6 Å². The summed E-state index contributed by atoms with van der Waals surface area (Å²) in [7, 11) is 5.16. The maximum atomic E-state index is 5.25. The van der Waals surface area contributed by atoms with Gasteiger partial charge in [-0.2, -0.15) is 5.10 Å². The van der Waals surface area contributed by atoms with E-state index in [0.29, 0.717) is 5.75 Å². The second kappa shape index (κ2) is 5.44. The summed E-state index contributed by atoms with van der Waals surface area (Å²) < 4.78 is 12.2. The number of hydrogen-bond acceptors (Lipinski definition) is 4. The first kappa shape index (κ1) is 12.3. The molecule has 0 fully saturated rings. The van der Waals surface area contributed by atoms with Crippen LogP contribution in [0.4, 0.5) is 5.69 Å². The van der Waals surface area contributed by atoms with Crippen LogP contribution in [0.1, 0.15) is 5.56 Å². The van der Waals surface area contributed by atoms with Crippen LogP contribution in [0, 0.1) is 0 Å². The van der Waals surface area contributed by atoms with Gasteiger partial charge in [-0.25, -0.2) is 0 Å². The molecular weight excluding hydrogens is 230 g/mol. The summed E-state index contributed by atoms with van der Waals surface area (Å²) in [4.78, 5) is 0. The van der Waals surface area contributed by atoms with Crippen LogP contribution in [0.2, 0.25) is 0 Å². The molecule has 0 saturated heterocycles. The van der Waals surface area contributed by atoms with Crippen molar-refractivity contribution in [2.45, 2.75) is 6.54 Å². The molecule has 2 aromatic rings. The van der Waals surface area contributed by atoms with E-state index in [9.17, 15) is 0 Å². The number of rotatable bonds is 5. The molecule has 5 heteroatoms. The Balaban J connectivity index is 2.05. The Morgan fingerprint density at radius 2 is 2.00 bits per heavy atom. The highest BCUT2D eigenvalue weighted by atomic mass is 16.5. The number of aryl methyl sites for hydroxylation is 1. The molecular formula is C13H17N3O2. The van der Waals surface area contributed by atoms with Gasteiger partial charge < -0.3 is 14.8 Å². The van der Waals surface area contributed by atoms with E-state index < -0.39 is 0 Å². The zero-order valence-corrected chi connectivity index (χ0v) is 10.8. The minimum absolute atomic E-state index is 0.716. The van der Waals surface area contributed by atoms with Gasteiger partial charge in [-0.15, -0.1) is 0 Å². The molecule has 0 atom stereocenters. The van der Waals surface area contributed by atoms with E-state index in [1.165, 1.54) is 0 Å². The van der Waals surface area contributed by atoms with Crippen molar-refractivity contribution in [2.24, 2.45) is 7.05 Å². The molecule has 0 amide bonds. The number of nitrogens with one attached hydrogen (secondary N) is 1. The normalized spacial score (nSPS) is 10.2. The van der Waals surface area contributed by atoms with E-state index in [2.05, 4.69) is 10.4 Å². The lowest BCUT2D eigenvalue weighted by Gasteiger charge is -2.10. The molecule has 1 N–H and O–H groups in total. The Hall–Kier alpha value is -2.17. The predicted molar refractivity (Wildman–Crippen MR) is 70.1 cm³/mol. The molecule has 96 valence electrons. The third kappa shape index (κ3) is 2.74. The maximum absolute atomic E-state index is 5.25. The van der Waals surface area contributed by atoms with Gasteiger partial charge in [0.25, 0.3) is 0 Å². The molecule has 0 aliphatic rings. The molecule has 0 bridgehead atoms. The molecule has 0 radical (unpaired) electrons. The van der Waals surface area contributed by atoms with Gasteiger partial charge in [-0.1, -0.05) is 0 Å². The van der Waals surface area contributed by atoms with Gasteiger partial charge in [-0.05, 0) is 12.1 Å². The number of hydrogen-bond donors (Lipinski definition) is 1.